The fourth-order valence-corrected chi connectivity index (χ4v) is 13.4. The lowest BCUT2D eigenvalue weighted by Gasteiger charge is -2.17. The average Bonchev–Trinajstić information content (AvgIpc) is 1.85. The fraction of sp³-hybridized carbons (Fsp3) is 0.375. The van der Waals surface area contributed by atoms with Crippen LogP contribution in [0.3, 0.4) is 0 Å². The minimum Gasteiger partial charge on any atom is -0.355 e. The Morgan fingerprint density at radius 1 is 0.326 bits per heavy atom. The van der Waals surface area contributed by atoms with E-state index in [0.29, 0.717) is 0 Å². The Bertz CT molecular complexity index is 3850. The third kappa shape index (κ3) is 14.3. The molecule has 2 aromatic rings. The molecule has 16 bridgehead atoms. The SMILES string of the molecule is CCCCCCCC1=C2C=CC(=N2)/C(=C2/NC=CN2C)c2ccc([nH]2)C(CCCCCCC)=C2C=CC(=N2)C(C#CC#CC2=C3C=CC(=N3)C(CCCCCCC)=C3C=CC(=N3)/C(=C3\NC=CN3C)c3ccc([nH]3)C(CCCCCCC)=C3C=CC2=N3)=C2C=CC1=N2. The maximum atomic E-state index is 5.50. The first-order valence-corrected chi connectivity index (χ1v) is 34.6. The first-order valence-electron chi connectivity index (χ1n) is 34.6. The Kier molecular flexibility index (Phi) is 20.7. The molecule has 12 heterocycles. The number of rotatable bonds is 24. The van der Waals surface area contributed by atoms with Crippen molar-refractivity contribution in [2.45, 2.75) is 182 Å². The largest absolute Gasteiger partial charge is 0.355 e. The highest BCUT2D eigenvalue weighted by Crippen LogP contribution is 2.39. The lowest BCUT2D eigenvalue weighted by molar-refractivity contribution is 0.574. The minimum absolute atomic E-state index is 0.728. The molecule has 12 heteroatoms. The number of nitrogens with zero attached hydrogens (tertiary/aromatic N) is 8. The number of fused-ring (bicyclic) bond motifs is 10. The number of allylic oxidation sites excluding steroid dienone is 20. The van der Waals surface area contributed by atoms with Crippen LogP contribution in [0.25, 0.3) is 22.3 Å². The van der Waals surface area contributed by atoms with Crippen molar-refractivity contribution in [3.8, 4) is 23.7 Å². The third-order valence-corrected chi connectivity index (χ3v) is 18.6. The maximum Gasteiger partial charge on any atom is 0.121 e. The molecule has 0 aliphatic carbocycles. The van der Waals surface area contributed by atoms with Crippen molar-refractivity contribution in [3.05, 3.63) is 213 Å². The van der Waals surface area contributed by atoms with Gasteiger partial charge in [-0.1, -0.05) is 130 Å². The van der Waals surface area contributed by atoms with Gasteiger partial charge in [-0.3, -0.25) is 0 Å². The summed E-state index contributed by atoms with van der Waals surface area (Å²) in [4.78, 5) is 45.0. The Labute approximate surface area is 546 Å². The molecule has 0 atom stereocenters. The van der Waals surface area contributed by atoms with Crippen LogP contribution < -0.4 is 10.6 Å². The van der Waals surface area contributed by atoms with Gasteiger partial charge in [0.1, 0.15) is 11.6 Å². The van der Waals surface area contributed by atoms with Crippen molar-refractivity contribution in [3.63, 3.8) is 0 Å². The van der Waals surface area contributed by atoms with Crippen LogP contribution in [-0.4, -0.2) is 68.1 Å². The van der Waals surface area contributed by atoms with Crippen LogP contribution in [0.2, 0.25) is 0 Å². The molecule has 10 aliphatic heterocycles. The monoisotopic (exact) mass is 1220 g/mol. The second-order valence-electron chi connectivity index (χ2n) is 25.3. The molecule has 12 rings (SSSR count). The number of H-pyrrole nitrogens is 2. The molecule has 2 aromatic heterocycles. The molecule has 0 unspecified atom stereocenters. The lowest BCUT2D eigenvalue weighted by atomic mass is 10.00. The number of hydrogen-bond donors (Lipinski definition) is 4. The van der Waals surface area contributed by atoms with Crippen molar-refractivity contribution in [1.82, 2.24) is 30.4 Å². The predicted octanol–water partition coefficient (Wildman–Crippen LogP) is 18.4. The molecule has 0 aromatic carbocycles. The Morgan fingerprint density at radius 2 is 0.630 bits per heavy atom. The molecule has 0 saturated heterocycles. The van der Waals surface area contributed by atoms with Gasteiger partial charge in [-0.25, -0.2) is 30.0 Å². The highest BCUT2D eigenvalue weighted by molar-refractivity contribution is 6.32. The molecular weight excluding hydrogens is 1130 g/mol. The van der Waals surface area contributed by atoms with Crippen LogP contribution in [0.1, 0.15) is 205 Å². The molecule has 0 radical (unpaired) electrons. The summed E-state index contributed by atoms with van der Waals surface area (Å²) in [6.45, 7) is 9.08. The zero-order valence-corrected chi connectivity index (χ0v) is 55.1. The van der Waals surface area contributed by atoms with Crippen LogP contribution in [0.5, 0.6) is 0 Å². The van der Waals surface area contributed by atoms with E-state index in [0.717, 1.165) is 213 Å². The summed E-state index contributed by atoms with van der Waals surface area (Å²) in [7, 11) is 4.16. The van der Waals surface area contributed by atoms with Crippen LogP contribution in [-0.2, 0) is 0 Å². The normalized spacial score (nSPS) is 19.9. The second kappa shape index (κ2) is 30.2. The average molecular weight is 1220 g/mol. The van der Waals surface area contributed by atoms with Gasteiger partial charge < -0.3 is 30.4 Å². The topological polar surface area (TPSA) is 136 Å². The number of aliphatic imine (C=N–C) groups is 6. The maximum absolute atomic E-state index is 5.50. The fourth-order valence-electron chi connectivity index (χ4n) is 13.4. The number of hydrogen-bond acceptors (Lipinski definition) is 10. The van der Waals surface area contributed by atoms with E-state index in [4.69, 9.17) is 30.0 Å². The number of aromatic amines is 2. The lowest BCUT2D eigenvalue weighted by Crippen LogP contribution is -2.19. The van der Waals surface area contributed by atoms with Gasteiger partial charge in [-0.15, -0.1) is 0 Å². The standard InChI is InChI=1S/C80H90N12/c1-7-11-15-19-23-29-55-61-35-39-65(83-61)59(66-40-36-62(84-66)56(30-24-20-16-12-8-2)70-44-48-74(88-70)77(73-47-43-69(55)87-73)79-81-51-53-91(79)5)33-27-28-34-60-67-41-37-63(85-67)57(31-25-21-17-13-9-3)71-45-49-75(89-71)78(80-82-52-54-92(80)6)76-50-46-72(90-76)58(32-26-22-18-14-10-4)64-38-42-68(60)86-64/h35-54,81-82,87,89H,7-26,29-32H2,1-6H3/b61-55?,63-57?,66-59?,68-60?,70-56?,72-58?,79-77-,80-78+. The van der Waals surface area contributed by atoms with Gasteiger partial charge in [0.2, 0.25) is 0 Å². The second-order valence-corrected chi connectivity index (χ2v) is 25.3. The Hall–Kier alpha value is -9.26. The van der Waals surface area contributed by atoms with E-state index in [9.17, 15) is 0 Å². The summed E-state index contributed by atoms with van der Waals surface area (Å²) in [5.74, 6) is 15.9. The van der Waals surface area contributed by atoms with Crippen molar-refractivity contribution >= 4 is 56.6 Å². The van der Waals surface area contributed by atoms with Crippen molar-refractivity contribution in [2.75, 3.05) is 14.1 Å². The van der Waals surface area contributed by atoms with Crippen molar-refractivity contribution in [1.29, 1.82) is 0 Å². The van der Waals surface area contributed by atoms with Gasteiger partial charge in [0.15, 0.2) is 0 Å². The molecule has 0 saturated carbocycles. The van der Waals surface area contributed by atoms with E-state index in [1.54, 1.807) is 0 Å². The summed E-state index contributed by atoms with van der Waals surface area (Å²) in [6.07, 6.45) is 60.6. The molecule has 0 spiro atoms. The van der Waals surface area contributed by atoms with Crippen LogP contribution >= 0.6 is 0 Å². The van der Waals surface area contributed by atoms with Gasteiger partial charge in [-0.05, 0) is 172 Å². The molecule has 470 valence electrons. The summed E-state index contributed by atoms with van der Waals surface area (Å²) in [5.41, 5.74) is 22.6. The molecule has 92 heavy (non-hydrogen) atoms. The number of unbranched alkanes of at least 4 members (excludes halogenated alkanes) is 16. The molecule has 0 amide bonds. The molecular formula is C80H90N12. The Morgan fingerprint density at radius 3 is 1.00 bits per heavy atom. The predicted molar refractivity (Wildman–Crippen MR) is 386 cm³/mol. The van der Waals surface area contributed by atoms with Crippen LogP contribution in [0.4, 0.5) is 0 Å². The summed E-state index contributed by atoms with van der Waals surface area (Å²) < 4.78 is 0. The van der Waals surface area contributed by atoms with Crippen LogP contribution in [0.15, 0.2) is 220 Å². The molecule has 0 fully saturated rings. The van der Waals surface area contributed by atoms with E-state index >= 15 is 0 Å². The molecule has 10 aliphatic rings. The van der Waals surface area contributed by atoms with Gasteiger partial charge >= 0.3 is 0 Å². The van der Waals surface area contributed by atoms with Gasteiger partial charge in [-0.2, -0.15) is 0 Å². The number of nitrogens with one attached hydrogen (secondary N) is 4. The third-order valence-electron chi connectivity index (χ3n) is 18.6. The van der Waals surface area contributed by atoms with Crippen LogP contribution in [0, 0.1) is 23.7 Å². The molecule has 4 N–H and O–H groups in total. The zero-order valence-electron chi connectivity index (χ0n) is 55.1. The van der Waals surface area contributed by atoms with E-state index in [-0.39, 0.29) is 0 Å². The van der Waals surface area contributed by atoms with E-state index in [1.807, 2.05) is 12.4 Å². The quantitative estimate of drug-likeness (QED) is 0.0615. The van der Waals surface area contributed by atoms with Crippen molar-refractivity contribution < 1.29 is 0 Å². The zero-order chi connectivity index (χ0) is 63.2. The highest BCUT2D eigenvalue weighted by atomic mass is 15.3. The van der Waals surface area contributed by atoms with Crippen molar-refractivity contribution in [2.24, 2.45) is 30.0 Å². The number of aromatic nitrogens is 2. The molecule has 12 nitrogen and oxygen atoms in total. The first kappa shape index (κ1) is 62.9. The van der Waals surface area contributed by atoms with E-state index in [2.05, 4.69) is 205 Å². The van der Waals surface area contributed by atoms with E-state index in [1.165, 1.54) is 88.2 Å². The smallest absolute Gasteiger partial charge is 0.121 e. The first-order chi connectivity index (χ1) is 45.3. The minimum atomic E-state index is 0.728. The summed E-state index contributed by atoms with van der Waals surface area (Å²) in [5, 5.41) is 7.09. The van der Waals surface area contributed by atoms with Gasteiger partial charge in [0, 0.05) is 72.6 Å². The Balaban J connectivity index is 0.996. The van der Waals surface area contributed by atoms with Gasteiger partial charge in [0.05, 0.1) is 102 Å². The highest BCUT2D eigenvalue weighted by Gasteiger charge is 2.30. The summed E-state index contributed by atoms with van der Waals surface area (Å²) >= 11 is 0. The van der Waals surface area contributed by atoms with Gasteiger partial charge in [0.25, 0.3) is 0 Å². The summed E-state index contributed by atoms with van der Waals surface area (Å²) in [6, 6.07) is 8.85. The van der Waals surface area contributed by atoms with E-state index < -0.39 is 0 Å².